The quantitative estimate of drug-likeness (QED) is 0.697. The molecule has 94 valence electrons. The number of rotatable bonds is 2. The van der Waals surface area contributed by atoms with Crippen LogP contribution in [0.25, 0.3) is 22.8 Å². The maximum Gasteiger partial charge on any atom is 0.258 e. The van der Waals surface area contributed by atoms with Gasteiger partial charge in [-0.1, -0.05) is 22.9 Å². The summed E-state index contributed by atoms with van der Waals surface area (Å²) in [4.78, 5) is 4.31. The minimum atomic E-state index is -0.286. The molecule has 0 atom stereocenters. The minimum Gasteiger partial charge on any atom is -0.334 e. The molecule has 1 aromatic heterocycles. The normalized spacial score (nSPS) is 10.6. The zero-order chi connectivity index (χ0) is 13.2. The highest BCUT2D eigenvalue weighted by molar-refractivity contribution is 5.59. The molecule has 4 heteroatoms. The van der Waals surface area contributed by atoms with Crippen molar-refractivity contribution in [3.8, 4) is 22.8 Å². The predicted molar refractivity (Wildman–Crippen MR) is 69.9 cm³/mol. The SMILES string of the molecule is Cc1ccc(-c2nc(-c3ccc(F)cc3)no2)cc1. The van der Waals surface area contributed by atoms with Crippen molar-refractivity contribution < 1.29 is 8.91 Å². The van der Waals surface area contributed by atoms with Crippen LogP contribution in [-0.4, -0.2) is 10.1 Å². The Morgan fingerprint density at radius 2 is 1.53 bits per heavy atom. The van der Waals surface area contributed by atoms with E-state index in [0.717, 1.165) is 11.1 Å². The van der Waals surface area contributed by atoms with Crippen LogP contribution in [0.2, 0.25) is 0 Å². The van der Waals surface area contributed by atoms with Gasteiger partial charge < -0.3 is 4.52 Å². The zero-order valence-electron chi connectivity index (χ0n) is 10.3. The lowest BCUT2D eigenvalue weighted by Crippen LogP contribution is -1.82. The first-order valence-corrected chi connectivity index (χ1v) is 5.89. The second-order valence-electron chi connectivity index (χ2n) is 4.30. The second kappa shape index (κ2) is 4.65. The van der Waals surface area contributed by atoms with Crippen LogP contribution in [0.15, 0.2) is 53.1 Å². The van der Waals surface area contributed by atoms with Crippen molar-refractivity contribution >= 4 is 0 Å². The average Bonchev–Trinajstić information content (AvgIpc) is 2.90. The number of hydrogen-bond donors (Lipinski definition) is 0. The summed E-state index contributed by atoms with van der Waals surface area (Å²) in [6.45, 7) is 2.02. The van der Waals surface area contributed by atoms with Gasteiger partial charge in [0, 0.05) is 11.1 Å². The Kier molecular flexibility index (Phi) is 2.83. The monoisotopic (exact) mass is 254 g/mol. The van der Waals surface area contributed by atoms with Gasteiger partial charge in [0.1, 0.15) is 5.82 Å². The van der Waals surface area contributed by atoms with E-state index < -0.39 is 0 Å². The van der Waals surface area contributed by atoms with Gasteiger partial charge in [-0.15, -0.1) is 0 Å². The van der Waals surface area contributed by atoms with Gasteiger partial charge >= 0.3 is 0 Å². The minimum absolute atomic E-state index is 0.286. The first-order valence-electron chi connectivity index (χ1n) is 5.89. The van der Waals surface area contributed by atoms with Crippen LogP contribution < -0.4 is 0 Å². The molecule has 0 unspecified atom stereocenters. The summed E-state index contributed by atoms with van der Waals surface area (Å²) in [5.74, 6) is 0.626. The summed E-state index contributed by atoms with van der Waals surface area (Å²) < 4.78 is 18.1. The molecule has 0 radical (unpaired) electrons. The maximum absolute atomic E-state index is 12.8. The van der Waals surface area contributed by atoms with Crippen LogP contribution in [0.1, 0.15) is 5.56 Å². The number of halogens is 1. The fourth-order valence-corrected chi connectivity index (χ4v) is 1.75. The molecular formula is C15H11FN2O. The molecule has 2 aromatic carbocycles. The fourth-order valence-electron chi connectivity index (χ4n) is 1.75. The standard InChI is InChI=1S/C15H11FN2O/c1-10-2-4-12(5-3-10)15-17-14(18-19-15)11-6-8-13(16)9-7-11/h2-9H,1H3. The van der Waals surface area contributed by atoms with Crippen molar-refractivity contribution in [2.45, 2.75) is 6.92 Å². The first-order chi connectivity index (χ1) is 9.22. The lowest BCUT2D eigenvalue weighted by Gasteiger charge is -1.94. The molecule has 0 saturated carbocycles. The van der Waals surface area contributed by atoms with Gasteiger partial charge in [0.2, 0.25) is 5.82 Å². The lowest BCUT2D eigenvalue weighted by molar-refractivity contribution is 0.432. The van der Waals surface area contributed by atoms with E-state index in [4.69, 9.17) is 4.52 Å². The molecule has 0 spiro atoms. The van der Waals surface area contributed by atoms with Gasteiger partial charge in [0.15, 0.2) is 0 Å². The summed E-state index contributed by atoms with van der Waals surface area (Å²) in [5.41, 5.74) is 2.76. The molecule has 0 N–H and O–H groups in total. The number of aromatic nitrogens is 2. The van der Waals surface area contributed by atoms with Crippen molar-refractivity contribution in [1.82, 2.24) is 10.1 Å². The molecule has 0 bridgehead atoms. The highest BCUT2D eigenvalue weighted by Gasteiger charge is 2.10. The topological polar surface area (TPSA) is 38.9 Å². The number of aryl methyl sites for hydroxylation is 1. The third kappa shape index (κ3) is 2.38. The molecular weight excluding hydrogens is 243 g/mol. The summed E-state index contributed by atoms with van der Waals surface area (Å²) in [5, 5.41) is 3.91. The third-order valence-electron chi connectivity index (χ3n) is 2.83. The predicted octanol–water partition coefficient (Wildman–Crippen LogP) is 3.85. The molecule has 19 heavy (non-hydrogen) atoms. The highest BCUT2D eigenvalue weighted by atomic mass is 19.1. The zero-order valence-corrected chi connectivity index (χ0v) is 10.3. The van der Waals surface area contributed by atoms with E-state index in [9.17, 15) is 4.39 Å². The molecule has 0 fully saturated rings. The Bertz CT molecular complexity index is 627. The van der Waals surface area contributed by atoms with Gasteiger partial charge in [-0.25, -0.2) is 4.39 Å². The van der Waals surface area contributed by atoms with Gasteiger partial charge in [0.25, 0.3) is 5.89 Å². The van der Waals surface area contributed by atoms with Crippen molar-refractivity contribution in [2.75, 3.05) is 0 Å². The van der Waals surface area contributed by atoms with Gasteiger partial charge in [-0.05, 0) is 43.3 Å². The molecule has 0 aliphatic heterocycles. The van der Waals surface area contributed by atoms with Crippen LogP contribution in [0.3, 0.4) is 0 Å². The summed E-state index contributed by atoms with van der Waals surface area (Å²) in [6, 6.07) is 13.8. The largest absolute Gasteiger partial charge is 0.334 e. The molecule has 1 heterocycles. The van der Waals surface area contributed by atoms with Crippen LogP contribution in [0.5, 0.6) is 0 Å². The van der Waals surface area contributed by atoms with Crippen LogP contribution >= 0.6 is 0 Å². The molecule has 3 rings (SSSR count). The van der Waals surface area contributed by atoms with E-state index in [-0.39, 0.29) is 5.82 Å². The van der Waals surface area contributed by atoms with Gasteiger partial charge in [-0.2, -0.15) is 4.98 Å². The van der Waals surface area contributed by atoms with E-state index in [0.29, 0.717) is 11.7 Å². The fraction of sp³-hybridized carbons (Fsp3) is 0.0667. The van der Waals surface area contributed by atoms with Crippen LogP contribution in [0, 0.1) is 12.7 Å². The Labute approximate surface area is 109 Å². The summed E-state index contributed by atoms with van der Waals surface area (Å²) >= 11 is 0. The van der Waals surface area contributed by atoms with Crippen LogP contribution in [0.4, 0.5) is 4.39 Å². The van der Waals surface area contributed by atoms with E-state index in [1.165, 1.54) is 17.7 Å². The van der Waals surface area contributed by atoms with Gasteiger partial charge in [0.05, 0.1) is 0 Å². The number of nitrogens with zero attached hydrogens (tertiary/aromatic N) is 2. The Morgan fingerprint density at radius 3 is 2.21 bits per heavy atom. The van der Waals surface area contributed by atoms with E-state index >= 15 is 0 Å². The molecule has 0 saturated heterocycles. The maximum atomic E-state index is 12.8. The number of benzene rings is 2. The lowest BCUT2D eigenvalue weighted by atomic mass is 10.1. The molecule has 0 aliphatic carbocycles. The Hall–Kier alpha value is -2.49. The third-order valence-corrected chi connectivity index (χ3v) is 2.83. The molecule has 3 nitrogen and oxygen atoms in total. The van der Waals surface area contributed by atoms with Crippen LogP contribution in [-0.2, 0) is 0 Å². The Morgan fingerprint density at radius 1 is 0.895 bits per heavy atom. The second-order valence-corrected chi connectivity index (χ2v) is 4.30. The first kappa shape index (κ1) is 11.6. The van der Waals surface area contributed by atoms with E-state index in [2.05, 4.69) is 10.1 Å². The average molecular weight is 254 g/mol. The molecule has 0 amide bonds. The van der Waals surface area contributed by atoms with Crippen molar-refractivity contribution in [3.63, 3.8) is 0 Å². The number of hydrogen-bond acceptors (Lipinski definition) is 3. The van der Waals surface area contributed by atoms with Crippen molar-refractivity contribution in [3.05, 3.63) is 59.9 Å². The van der Waals surface area contributed by atoms with E-state index in [1.54, 1.807) is 12.1 Å². The summed E-state index contributed by atoms with van der Waals surface area (Å²) in [6.07, 6.45) is 0. The molecule has 3 aromatic rings. The van der Waals surface area contributed by atoms with Gasteiger partial charge in [-0.3, -0.25) is 0 Å². The van der Waals surface area contributed by atoms with Crippen molar-refractivity contribution in [2.24, 2.45) is 0 Å². The summed E-state index contributed by atoms with van der Waals surface area (Å²) in [7, 11) is 0. The van der Waals surface area contributed by atoms with Crippen molar-refractivity contribution in [1.29, 1.82) is 0 Å². The Balaban J connectivity index is 1.95. The smallest absolute Gasteiger partial charge is 0.258 e. The van der Waals surface area contributed by atoms with E-state index in [1.807, 2.05) is 31.2 Å². The molecule has 0 aliphatic rings. The highest BCUT2D eigenvalue weighted by Crippen LogP contribution is 2.22.